The van der Waals surface area contributed by atoms with E-state index in [0.717, 1.165) is 5.39 Å². The Balaban J connectivity index is 2.10. The number of carbonyl (C=O) groups excluding carboxylic acids is 1. The van der Waals surface area contributed by atoms with E-state index in [0.29, 0.717) is 16.2 Å². The molecule has 0 saturated carbocycles. The first-order valence-corrected chi connectivity index (χ1v) is 5.74. The number of rotatable bonds is 2. The highest BCUT2D eigenvalue weighted by Crippen LogP contribution is 2.27. The van der Waals surface area contributed by atoms with E-state index in [1.54, 1.807) is 42.2 Å². The maximum atomic E-state index is 12.2. The van der Waals surface area contributed by atoms with Gasteiger partial charge in [-0.15, -0.1) is 0 Å². The van der Waals surface area contributed by atoms with E-state index in [9.17, 15) is 4.79 Å². The van der Waals surface area contributed by atoms with Crippen LogP contribution in [0.3, 0.4) is 0 Å². The number of aryl methyl sites for hydroxylation is 1. The zero-order chi connectivity index (χ0) is 12.7. The van der Waals surface area contributed by atoms with Crippen LogP contribution in [0, 0.1) is 0 Å². The molecule has 90 valence electrons. The number of aromatic nitrogens is 2. The molecule has 0 aliphatic carbocycles. The van der Waals surface area contributed by atoms with Gasteiger partial charge >= 0.3 is 0 Å². The van der Waals surface area contributed by atoms with Crippen molar-refractivity contribution in [1.29, 1.82) is 0 Å². The van der Waals surface area contributed by atoms with Crippen molar-refractivity contribution in [3.8, 4) is 0 Å². The summed E-state index contributed by atoms with van der Waals surface area (Å²) in [5.41, 5.74) is 1.10. The Morgan fingerprint density at radius 3 is 2.94 bits per heavy atom. The van der Waals surface area contributed by atoms with Crippen LogP contribution in [-0.2, 0) is 7.05 Å². The van der Waals surface area contributed by atoms with Crippen molar-refractivity contribution >= 4 is 28.4 Å². The number of ketones is 1. The Morgan fingerprint density at radius 2 is 2.28 bits per heavy atom. The molecule has 1 aromatic carbocycles. The second-order valence-corrected chi connectivity index (χ2v) is 4.40. The van der Waals surface area contributed by atoms with Crippen LogP contribution in [-0.4, -0.2) is 15.6 Å². The van der Waals surface area contributed by atoms with Gasteiger partial charge in [0.05, 0.1) is 16.8 Å². The summed E-state index contributed by atoms with van der Waals surface area (Å²) < 4.78 is 7.08. The monoisotopic (exact) mass is 260 g/mol. The Kier molecular flexibility index (Phi) is 2.45. The number of hydrogen-bond acceptors (Lipinski definition) is 3. The van der Waals surface area contributed by atoms with Crippen LogP contribution in [0.1, 0.15) is 16.1 Å². The molecule has 0 radical (unpaired) electrons. The van der Waals surface area contributed by atoms with Crippen molar-refractivity contribution in [2.24, 2.45) is 7.05 Å². The molecule has 0 fully saturated rings. The van der Waals surface area contributed by atoms with E-state index in [1.807, 2.05) is 0 Å². The molecular formula is C13H9ClN2O2. The molecule has 0 aliphatic rings. The van der Waals surface area contributed by atoms with Crippen molar-refractivity contribution in [3.63, 3.8) is 0 Å². The molecule has 3 aromatic rings. The van der Waals surface area contributed by atoms with Crippen molar-refractivity contribution in [3.05, 3.63) is 53.0 Å². The van der Waals surface area contributed by atoms with Gasteiger partial charge in [-0.3, -0.25) is 9.48 Å². The lowest BCUT2D eigenvalue weighted by Crippen LogP contribution is -1.97. The topological polar surface area (TPSA) is 48.0 Å². The van der Waals surface area contributed by atoms with Gasteiger partial charge in [-0.1, -0.05) is 17.7 Å². The fraction of sp³-hybridized carbons (Fsp3) is 0.0769. The quantitative estimate of drug-likeness (QED) is 0.666. The van der Waals surface area contributed by atoms with Crippen LogP contribution in [0.15, 0.2) is 41.1 Å². The van der Waals surface area contributed by atoms with E-state index >= 15 is 0 Å². The smallest absolute Gasteiger partial charge is 0.231 e. The van der Waals surface area contributed by atoms with Gasteiger partial charge in [0.2, 0.25) is 5.78 Å². The normalized spacial score (nSPS) is 11.0. The molecule has 5 heteroatoms. The lowest BCUT2D eigenvalue weighted by Gasteiger charge is -1.90. The summed E-state index contributed by atoms with van der Waals surface area (Å²) in [7, 11) is 1.76. The van der Waals surface area contributed by atoms with Crippen LogP contribution in [0.5, 0.6) is 0 Å². The molecule has 0 bridgehead atoms. The standard InChI is InChI=1S/C13H9ClN2O2/c1-16-7-8(6-15-16)13(17)12-5-9-10(14)3-2-4-11(9)18-12/h2-7H,1H3. The summed E-state index contributed by atoms with van der Waals surface area (Å²) in [5, 5.41) is 5.28. The minimum Gasteiger partial charge on any atom is -0.453 e. The number of benzene rings is 1. The maximum absolute atomic E-state index is 12.2. The summed E-state index contributed by atoms with van der Waals surface area (Å²) in [6, 6.07) is 6.98. The second-order valence-electron chi connectivity index (χ2n) is 3.99. The Labute approximate surface area is 108 Å². The van der Waals surface area contributed by atoms with Gasteiger partial charge in [0.25, 0.3) is 0 Å². The van der Waals surface area contributed by atoms with E-state index in [1.165, 1.54) is 6.20 Å². The summed E-state index contributed by atoms with van der Waals surface area (Å²) in [6.45, 7) is 0. The minimum atomic E-state index is -0.199. The molecule has 0 saturated heterocycles. The average Bonchev–Trinajstić information content (AvgIpc) is 2.95. The Hall–Kier alpha value is -2.07. The first-order chi connectivity index (χ1) is 8.65. The summed E-state index contributed by atoms with van der Waals surface area (Å²) in [4.78, 5) is 12.2. The van der Waals surface area contributed by atoms with Crippen molar-refractivity contribution < 1.29 is 9.21 Å². The highest BCUT2D eigenvalue weighted by atomic mass is 35.5. The van der Waals surface area contributed by atoms with Gasteiger partial charge < -0.3 is 4.42 Å². The Morgan fingerprint density at radius 1 is 1.44 bits per heavy atom. The number of furan rings is 1. The number of halogens is 1. The number of carbonyl (C=O) groups is 1. The number of fused-ring (bicyclic) bond motifs is 1. The number of hydrogen-bond donors (Lipinski definition) is 0. The van der Waals surface area contributed by atoms with Crippen molar-refractivity contribution in [2.45, 2.75) is 0 Å². The first-order valence-electron chi connectivity index (χ1n) is 5.36. The number of nitrogens with zero attached hydrogens (tertiary/aromatic N) is 2. The van der Waals surface area contributed by atoms with E-state index in [4.69, 9.17) is 16.0 Å². The maximum Gasteiger partial charge on any atom is 0.231 e. The molecule has 2 heterocycles. The third kappa shape index (κ3) is 1.71. The SMILES string of the molecule is Cn1cc(C(=O)c2cc3c(Cl)cccc3o2)cn1. The molecule has 0 aliphatic heterocycles. The first kappa shape index (κ1) is 11.0. The molecule has 2 aromatic heterocycles. The second kappa shape index (κ2) is 3.99. The zero-order valence-electron chi connectivity index (χ0n) is 9.55. The highest BCUT2D eigenvalue weighted by molar-refractivity contribution is 6.35. The van der Waals surface area contributed by atoms with Crippen LogP contribution in [0.2, 0.25) is 5.02 Å². The Bertz CT molecular complexity index is 742. The fourth-order valence-corrected chi connectivity index (χ4v) is 2.04. The zero-order valence-corrected chi connectivity index (χ0v) is 10.3. The predicted molar refractivity (Wildman–Crippen MR) is 67.9 cm³/mol. The van der Waals surface area contributed by atoms with Gasteiger partial charge in [0.1, 0.15) is 5.58 Å². The van der Waals surface area contributed by atoms with Crippen LogP contribution in [0.4, 0.5) is 0 Å². The summed E-state index contributed by atoms with van der Waals surface area (Å²) in [5.74, 6) is 0.0708. The molecule has 3 rings (SSSR count). The van der Waals surface area contributed by atoms with Crippen molar-refractivity contribution in [1.82, 2.24) is 9.78 Å². The highest BCUT2D eigenvalue weighted by Gasteiger charge is 2.16. The molecule has 18 heavy (non-hydrogen) atoms. The van der Waals surface area contributed by atoms with Gasteiger partial charge in [0.15, 0.2) is 5.76 Å². The largest absolute Gasteiger partial charge is 0.453 e. The fourth-order valence-electron chi connectivity index (χ4n) is 1.82. The van der Waals surface area contributed by atoms with Gasteiger partial charge in [-0.05, 0) is 18.2 Å². The average molecular weight is 261 g/mol. The van der Waals surface area contributed by atoms with Crippen molar-refractivity contribution in [2.75, 3.05) is 0 Å². The van der Waals surface area contributed by atoms with Crippen LogP contribution < -0.4 is 0 Å². The summed E-state index contributed by atoms with van der Waals surface area (Å²) in [6.07, 6.45) is 3.16. The third-order valence-electron chi connectivity index (χ3n) is 2.70. The lowest BCUT2D eigenvalue weighted by atomic mass is 10.2. The molecule has 4 nitrogen and oxygen atoms in total. The molecular weight excluding hydrogens is 252 g/mol. The third-order valence-corrected chi connectivity index (χ3v) is 3.03. The minimum absolute atomic E-state index is 0.199. The van der Waals surface area contributed by atoms with E-state index < -0.39 is 0 Å². The summed E-state index contributed by atoms with van der Waals surface area (Å²) >= 11 is 6.04. The van der Waals surface area contributed by atoms with Crippen LogP contribution >= 0.6 is 11.6 Å². The molecule has 0 spiro atoms. The predicted octanol–water partition coefficient (Wildman–Crippen LogP) is 3.05. The van der Waals surface area contributed by atoms with Gasteiger partial charge in [-0.25, -0.2) is 0 Å². The van der Waals surface area contributed by atoms with Gasteiger partial charge in [0, 0.05) is 18.6 Å². The molecule has 0 amide bonds. The van der Waals surface area contributed by atoms with Gasteiger partial charge in [-0.2, -0.15) is 5.10 Å². The molecule has 0 atom stereocenters. The molecule has 0 unspecified atom stereocenters. The van der Waals surface area contributed by atoms with Crippen LogP contribution in [0.25, 0.3) is 11.0 Å². The van der Waals surface area contributed by atoms with E-state index in [-0.39, 0.29) is 11.5 Å². The lowest BCUT2D eigenvalue weighted by molar-refractivity contribution is 0.101. The van der Waals surface area contributed by atoms with E-state index in [2.05, 4.69) is 5.10 Å². The molecule has 0 N–H and O–H groups in total.